The summed E-state index contributed by atoms with van der Waals surface area (Å²) >= 11 is 0. The van der Waals surface area contributed by atoms with Gasteiger partial charge in [0.15, 0.2) is 5.43 Å². The molecule has 1 aromatic carbocycles. The first-order valence-corrected chi connectivity index (χ1v) is 12.2. The van der Waals surface area contributed by atoms with E-state index in [9.17, 15) is 9.59 Å². The van der Waals surface area contributed by atoms with Gasteiger partial charge >= 0.3 is 0 Å². The third kappa shape index (κ3) is 5.36. The zero-order valence-corrected chi connectivity index (χ0v) is 21.2. The van der Waals surface area contributed by atoms with Crippen LogP contribution in [0.15, 0.2) is 59.7 Å². The Bertz CT molecular complexity index is 1240. The van der Waals surface area contributed by atoms with E-state index in [4.69, 9.17) is 0 Å². The van der Waals surface area contributed by atoms with Crippen LogP contribution in [0.3, 0.4) is 0 Å². The van der Waals surface area contributed by atoms with Gasteiger partial charge in [0.25, 0.3) is 5.91 Å². The van der Waals surface area contributed by atoms with Crippen molar-refractivity contribution < 1.29 is 4.79 Å². The molecule has 1 amide bonds. The normalized spacial score (nSPS) is 19.6. The van der Waals surface area contributed by atoms with Crippen molar-refractivity contribution in [3.8, 4) is 0 Å². The Hall–Kier alpha value is -3.29. The number of nitrogens with one attached hydrogen (secondary N) is 2. The maximum atomic E-state index is 13.8. The Morgan fingerprint density at radius 2 is 1.71 bits per heavy atom. The van der Waals surface area contributed by atoms with Gasteiger partial charge < -0.3 is 9.47 Å². The third-order valence-corrected chi connectivity index (χ3v) is 7.20. The Balaban J connectivity index is 1.79. The molecular formula is C28H35N5O2. The molecule has 184 valence electrons. The minimum Gasteiger partial charge on any atom is -0.343 e. The summed E-state index contributed by atoms with van der Waals surface area (Å²) in [7, 11) is 1.80. The SMILES string of the molecule is Cc1ccccc1Cc1c(C(=O)N(C)CC2C(C)NNC2C)c(=O)cc(C)n1Cc1ccncc1. The number of amides is 1. The molecule has 7 nitrogen and oxygen atoms in total. The van der Waals surface area contributed by atoms with Crippen LogP contribution in [0.5, 0.6) is 0 Å². The van der Waals surface area contributed by atoms with Crippen molar-refractivity contribution in [3.05, 3.63) is 98.7 Å². The van der Waals surface area contributed by atoms with Gasteiger partial charge in [-0.2, -0.15) is 0 Å². The molecule has 0 spiro atoms. The zero-order valence-electron chi connectivity index (χ0n) is 21.2. The number of hydrazine groups is 1. The van der Waals surface area contributed by atoms with Crippen LogP contribution in [0.2, 0.25) is 0 Å². The largest absolute Gasteiger partial charge is 0.343 e. The van der Waals surface area contributed by atoms with Crippen molar-refractivity contribution in [2.75, 3.05) is 13.6 Å². The van der Waals surface area contributed by atoms with Crippen LogP contribution in [-0.4, -0.2) is 46.0 Å². The van der Waals surface area contributed by atoms with Crippen LogP contribution in [0.1, 0.15) is 52.3 Å². The summed E-state index contributed by atoms with van der Waals surface area (Å²) in [6.45, 7) is 9.33. The highest BCUT2D eigenvalue weighted by Gasteiger charge is 2.33. The molecule has 4 rings (SSSR count). The minimum atomic E-state index is -0.228. The maximum Gasteiger partial charge on any atom is 0.259 e. The van der Waals surface area contributed by atoms with Gasteiger partial charge in [0.05, 0.1) is 0 Å². The van der Waals surface area contributed by atoms with Crippen molar-refractivity contribution in [3.63, 3.8) is 0 Å². The van der Waals surface area contributed by atoms with Gasteiger partial charge in [0, 0.05) is 74.4 Å². The summed E-state index contributed by atoms with van der Waals surface area (Å²) in [5, 5.41) is 0. The molecule has 0 radical (unpaired) electrons. The first-order valence-electron chi connectivity index (χ1n) is 12.2. The second kappa shape index (κ2) is 10.5. The van der Waals surface area contributed by atoms with E-state index < -0.39 is 0 Å². The maximum absolute atomic E-state index is 13.8. The highest BCUT2D eigenvalue weighted by molar-refractivity contribution is 5.95. The number of hydrogen-bond donors (Lipinski definition) is 2. The lowest BCUT2D eigenvalue weighted by Gasteiger charge is -2.27. The molecule has 0 aliphatic carbocycles. The van der Waals surface area contributed by atoms with Gasteiger partial charge in [-0.1, -0.05) is 24.3 Å². The summed E-state index contributed by atoms with van der Waals surface area (Å²) in [5.41, 5.74) is 11.4. The van der Waals surface area contributed by atoms with Crippen molar-refractivity contribution in [2.45, 2.75) is 52.7 Å². The van der Waals surface area contributed by atoms with Crippen LogP contribution in [0.25, 0.3) is 0 Å². The summed E-state index contributed by atoms with van der Waals surface area (Å²) < 4.78 is 2.11. The quantitative estimate of drug-likeness (QED) is 0.551. The van der Waals surface area contributed by atoms with Crippen molar-refractivity contribution in [1.82, 2.24) is 25.3 Å². The first-order chi connectivity index (χ1) is 16.8. The Labute approximate surface area is 207 Å². The number of carbonyl (C=O) groups excluding carboxylic acids is 1. The van der Waals surface area contributed by atoms with Gasteiger partial charge in [0.2, 0.25) is 0 Å². The van der Waals surface area contributed by atoms with Crippen LogP contribution < -0.4 is 16.3 Å². The predicted octanol–water partition coefficient (Wildman–Crippen LogP) is 3.07. The Morgan fingerprint density at radius 1 is 1.06 bits per heavy atom. The topological polar surface area (TPSA) is 79.3 Å². The van der Waals surface area contributed by atoms with Gasteiger partial charge in [-0.05, 0) is 56.5 Å². The van der Waals surface area contributed by atoms with E-state index in [1.807, 2.05) is 31.2 Å². The van der Waals surface area contributed by atoms with Gasteiger partial charge in [-0.3, -0.25) is 25.4 Å². The molecule has 1 saturated heterocycles. The molecule has 0 saturated carbocycles. The molecule has 7 heteroatoms. The molecular weight excluding hydrogens is 438 g/mol. The van der Waals surface area contributed by atoms with Crippen LogP contribution in [0, 0.1) is 19.8 Å². The van der Waals surface area contributed by atoms with E-state index in [-0.39, 0.29) is 34.9 Å². The fourth-order valence-corrected chi connectivity index (χ4v) is 4.94. The van der Waals surface area contributed by atoms with Crippen molar-refractivity contribution in [2.24, 2.45) is 5.92 Å². The number of carbonyl (C=O) groups is 1. The summed E-state index contributed by atoms with van der Waals surface area (Å²) in [6, 6.07) is 14.1. The Kier molecular flexibility index (Phi) is 7.48. The average Bonchev–Trinajstić information content (AvgIpc) is 3.15. The van der Waals surface area contributed by atoms with E-state index in [0.29, 0.717) is 19.5 Å². The molecule has 2 N–H and O–H groups in total. The average molecular weight is 474 g/mol. The second-order valence-electron chi connectivity index (χ2n) is 9.73. The van der Waals surface area contributed by atoms with Crippen molar-refractivity contribution in [1.29, 1.82) is 0 Å². The third-order valence-electron chi connectivity index (χ3n) is 7.20. The number of aromatic nitrogens is 2. The van der Waals surface area contributed by atoms with E-state index in [2.05, 4.69) is 53.3 Å². The number of benzene rings is 1. The standard InChI is InChI=1S/C28H35N5O2/c1-18-8-6-7-9-23(18)15-25-27(28(35)32(5)17-24-20(3)30-31-21(24)4)26(34)14-19(2)33(25)16-22-10-12-29-13-11-22/h6-14,20-21,24,30-31H,15-17H2,1-5H3. The Morgan fingerprint density at radius 3 is 2.37 bits per heavy atom. The fraction of sp³-hybridized carbons (Fsp3) is 0.393. The molecule has 35 heavy (non-hydrogen) atoms. The molecule has 2 atom stereocenters. The number of hydrogen-bond acceptors (Lipinski definition) is 5. The summed E-state index contributed by atoms with van der Waals surface area (Å²) in [5.74, 6) is 0.0154. The van der Waals surface area contributed by atoms with Crippen molar-refractivity contribution >= 4 is 5.91 Å². The molecule has 2 aromatic heterocycles. The highest BCUT2D eigenvalue weighted by Crippen LogP contribution is 2.21. The van der Waals surface area contributed by atoms with Crippen LogP contribution in [-0.2, 0) is 13.0 Å². The zero-order chi connectivity index (χ0) is 25.1. The lowest BCUT2D eigenvalue weighted by atomic mass is 9.95. The van der Waals surface area contributed by atoms with Gasteiger partial charge in [-0.25, -0.2) is 0 Å². The molecule has 1 aliphatic rings. The first kappa shape index (κ1) is 24.8. The lowest BCUT2D eigenvalue weighted by molar-refractivity contribution is 0.0763. The monoisotopic (exact) mass is 473 g/mol. The summed E-state index contributed by atoms with van der Waals surface area (Å²) in [6.07, 6.45) is 4.03. The number of nitrogens with zero attached hydrogens (tertiary/aromatic N) is 3. The highest BCUT2D eigenvalue weighted by atomic mass is 16.2. The molecule has 2 unspecified atom stereocenters. The predicted molar refractivity (Wildman–Crippen MR) is 138 cm³/mol. The van der Waals surface area contributed by atoms with Gasteiger partial charge in [0.1, 0.15) is 5.56 Å². The van der Waals surface area contributed by atoms with E-state index in [0.717, 1.165) is 28.1 Å². The number of rotatable bonds is 7. The molecule has 0 bridgehead atoms. The smallest absolute Gasteiger partial charge is 0.259 e. The summed E-state index contributed by atoms with van der Waals surface area (Å²) in [4.78, 5) is 33.0. The fourth-order valence-electron chi connectivity index (χ4n) is 4.94. The van der Waals surface area contributed by atoms with E-state index in [1.54, 1.807) is 30.4 Å². The second-order valence-corrected chi connectivity index (χ2v) is 9.73. The van der Waals surface area contributed by atoms with Crippen LogP contribution >= 0.6 is 0 Å². The minimum absolute atomic E-state index is 0.224. The lowest BCUT2D eigenvalue weighted by Crippen LogP contribution is -2.41. The van der Waals surface area contributed by atoms with Crippen LogP contribution in [0.4, 0.5) is 0 Å². The molecule has 1 aliphatic heterocycles. The molecule has 3 aromatic rings. The van der Waals surface area contributed by atoms with Gasteiger partial charge in [-0.15, -0.1) is 0 Å². The molecule has 1 fully saturated rings. The van der Waals surface area contributed by atoms with E-state index in [1.165, 1.54) is 0 Å². The number of aryl methyl sites for hydroxylation is 2. The van der Waals surface area contributed by atoms with E-state index >= 15 is 0 Å². The number of pyridine rings is 2. The molecule has 3 heterocycles.